The Morgan fingerprint density at radius 1 is 1.04 bits per heavy atom. The average Bonchev–Trinajstić information content (AvgIpc) is 2.55. The number of rotatable bonds is 5. The second-order valence-corrected chi connectivity index (χ2v) is 6.48. The van der Waals surface area contributed by atoms with Crippen LogP contribution >= 0.6 is 0 Å². The van der Waals surface area contributed by atoms with E-state index in [4.69, 9.17) is 0 Å². The van der Waals surface area contributed by atoms with Crippen LogP contribution in [0.15, 0.2) is 42.5 Å². The average molecular weight is 342 g/mol. The topological polar surface area (TPSA) is 58.2 Å². The molecule has 0 heterocycles. The first-order valence-corrected chi connectivity index (χ1v) is 8.23. The number of halogens is 1. The summed E-state index contributed by atoms with van der Waals surface area (Å²) in [7, 11) is 0. The van der Waals surface area contributed by atoms with E-state index in [0.717, 1.165) is 11.1 Å². The first kappa shape index (κ1) is 18.6. The molecule has 1 unspecified atom stereocenters. The van der Waals surface area contributed by atoms with Gasteiger partial charge in [-0.1, -0.05) is 38.1 Å². The zero-order valence-corrected chi connectivity index (χ0v) is 14.9. The van der Waals surface area contributed by atoms with Gasteiger partial charge in [0.15, 0.2) is 0 Å². The highest BCUT2D eigenvalue weighted by molar-refractivity contribution is 6.01. The van der Waals surface area contributed by atoms with Gasteiger partial charge >= 0.3 is 0 Å². The van der Waals surface area contributed by atoms with Gasteiger partial charge in [0, 0.05) is 5.69 Å². The van der Waals surface area contributed by atoms with E-state index in [-0.39, 0.29) is 17.4 Å². The molecule has 5 heteroatoms. The van der Waals surface area contributed by atoms with Gasteiger partial charge in [0.2, 0.25) is 5.91 Å². The minimum absolute atomic E-state index is 0.0762. The van der Waals surface area contributed by atoms with Crippen molar-refractivity contribution in [3.05, 3.63) is 65.0 Å². The van der Waals surface area contributed by atoms with Gasteiger partial charge in [0.1, 0.15) is 11.9 Å². The van der Waals surface area contributed by atoms with E-state index in [9.17, 15) is 14.0 Å². The molecule has 0 aromatic heterocycles. The molecule has 4 nitrogen and oxygen atoms in total. The molecular weight excluding hydrogens is 319 g/mol. The summed E-state index contributed by atoms with van der Waals surface area (Å²) in [4.78, 5) is 25.0. The number of hydrogen-bond donors (Lipinski definition) is 2. The van der Waals surface area contributed by atoms with Crippen LogP contribution in [0.3, 0.4) is 0 Å². The molecular formula is C20H23FN2O2. The lowest BCUT2D eigenvalue weighted by molar-refractivity contribution is -0.118. The molecule has 132 valence electrons. The number of amides is 2. The zero-order chi connectivity index (χ0) is 18.6. The van der Waals surface area contributed by atoms with Gasteiger partial charge in [-0.05, 0) is 49.1 Å². The van der Waals surface area contributed by atoms with Crippen LogP contribution in [0.2, 0.25) is 0 Å². The van der Waals surface area contributed by atoms with Crippen LogP contribution in [0.4, 0.5) is 10.1 Å². The SMILES string of the molecule is Cc1ccc(C)c(NC(=O)C(NC(=O)c2ccccc2F)C(C)C)c1. The highest BCUT2D eigenvalue weighted by Gasteiger charge is 2.26. The summed E-state index contributed by atoms with van der Waals surface area (Å²) >= 11 is 0. The van der Waals surface area contributed by atoms with Crippen molar-refractivity contribution >= 4 is 17.5 Å². The quantitative estimate of drug-likeness (QED) is 0.867. The highest BCUT2D eigenvalue weighted by Crippen LogP contribution is 2.18. The van der Waals surface area contributed by atoms with Crippen molar-refractivity contribution < 1.29 is 14.0 Å². The molecule has 0 aliphatic rings. The summed E-state index contributed by atoms with van der Waals surface area (Å²) in [6.45, 7) is 7.50. The summed E-state index contributed by atoms with van der Waals surface area (Å²) in [6, 6.07) is 10.7. The van der Waals surface area contributed by atoms with Crippen molar-refractivity contribution in [1.82, 2.24) is 5.32 Å². The molecule has 0 bridgehead atoms. The molecule has 2 rings (SSSR count). The van der Waals surface area contributed by atoms with Crippen molar-refractivity contribution in [3.8, 4) is 0 Å². The summed E-state index contributed by atoms with van der Waals surface area (Å²) in [5, 5.41) is 5.49. The zero-order valence-electron chi connectivity index (χ0n) is 14.9. The first-order chi connectivity index (χ1) is 11.8. The molecule has 2 amide bonds. The summed E-state index contributed by atoms with van der Waals surface area (Å²) in [5.74, 6) is -1.69. The van der Waals surface area contributed by atoms with E-state index in [1.165, 1.54) is 18.2 Å². The van der Waals surface area contributed by atoms with Crippen LogP contribution in [-0.2, 0) is 4.79 Å². The Bertz CT molecular complexity index is 787. The van der Waals surface area contributed by atoms with Crippen molar-refractivity contribution in [2.75, 3.05) is 5.32 Å². The molecule has 0 saturated carbocycles. The van der Waals surface area contributed by atoms with Crippen LogP contribution in [0.1, 0.15) is 35.3 Å². The van der Waals surface area contributed by atoms with E-state index in [1.807, 2.05) is 45.9 Å². The number of hydrogen-bond acceptors (Lipinski definition) is 2. The number of benzene rings is 2. The standard InChI is InChI=1S/C20H23FN2O2/c1-12(2)18(23-19(24)15-7-5-6-8-16(15)21)20(25)22-17-11-13(3)9-10-14(17)4/h5-12,18H,1-4H3,(H,22,25)(H,23,24). The molecule has 0 aliphatic heterocycles. The molecule has 0 fully saturated rings. The number of aryl methyl sites for hydroxylation is 2. The van der Waals surface area contributed by atoms with Gasteiger partial charge in [0.05, 0.1) is 5.56 Å². The van der Waals surface area contributed by atoms with Crippen molar-refractivity contribution in [2.45, 2.75) is 33.7 Å². The van der Waals surface area contributed by atoms with Crippen molar-refractivity contribution in [1.29, 1.82) is 0 Å². The molecule has 2 aromatic carbocycles. The van der Waals surface area contributed by atoms with Crippen LogP contribution < -0.4 is 10.6 Å². The van der Waals surface area contributed by atoms with Crippen molar-refractivity contribution in [2.24, 2.45) is 5.92 Å². The fraction of sp³-hybridized carbons (Fsp3) is 0.300. The fourth-order valence-electron chi connectivity index (χ4n) is 2.48. The molecule has 0 saturated heterocycles. The largest absolute Gasteiger partial charge is 0.340 e. The molecule has 25 heavy (non-hydrogen) atoms. The third-order valence-corrected chi connectivity index (χ3v) is 4.01. The van der Waals surface area contributed by atoms with Crippen LogP contribution in [0.25, 0.3) is 0 Å². The van der Waals surface area contributed by atoms with Gasteiger partial charge in [-0.15, -0.1) is 0 Å². The first-order valence-electron chi connectivity index (χ1n) is 8.23. The van der Waals surface area contributed by atoms with Gasteiger partial charge < -0.3 is 10.6 Å². The Morgan fingerprint density at radius 2 is 1.72 bits per heavy atom. The predicted molar refractivity (Wildman–Crippen MR) is 97.0 cm³/mol. The minimum atomic E-state index is -0.771. The Kier molecular flexibility index (Phi) is 5.91. The van der Waals surface area contributed by atoms with Gasteiger partial charge in [-0.25, -0.2) is 4.39 Å². The number of carbonyl (C=O) groups excluding carboxylic acids is 2. The number of nitrogens with one attached hydrogen (secondary N) is 2. The van der Waals surface area contributed by atoms with E-state index in [0.29, 0.717) is 5.69 Å². The molecule has 2 N–H and O–H groups in total. The third kappa shape index (κ3) is 4.66. The second kappa shape index (κ2) is 7.92. The normalized spacial score (nSPS) is 11.9. The number of carbonyl (C=O) groups is 2. The van der Waals surface area contributed by atoms with E-state index in [1.54, 1.807) is 6.07 Å². The van der Waals surface area contributed by atoms with E-state index >= 15 is 0 Å². The van der Waals surface area contributed by atoms with Gasteiger partial charge in [-0.3, -0.25) is 9.59 Å². The highest BCUT2D eigenvalue weighted by atomic mass is 19.1. The molecule has 0 aliphatic carbocycles. The lowest BCUT2D eigenvalue weighted by Crippen LogP contribution is -2.47. The lowest BCUT2D eigenvalue weighted by Gasteiger charge is -2.22. The fourth-order valence-corrected chi connectivity index (χ4v) is 2.48. The van der Waals surface area contributed by atoms with Crippen molar-refractivity contribution in [3.63, 3.8) is 0 Å². The molecule has 0 radical (unpaired) electrons. The maximum absolute atomic E-state index is 13.8. The summed E-state index contributed by atoms with van der Waals surface area (Å²) in [5.41, 5.74) is 2.59. The molecule has 2 aromatic rings. The number of anilines is 1. The predicted octanol–water partition coefficient (Wildman–Crippen LogP) is 3.84. The minimum Gasteiger partial charge on any atom is -0.340 e. The van der Waals surface area contributed by atoms with Crippen LogP contribution in [0.5, 0.6) is 0 Å². The molecule has 1 atom stereocenters. The maximum Gasteiger partial charge on any atom is 0.254 e. The monoisotopic (exact) mass is 342 g/mol. The van der Waals surface area contributed by atoms with E-state index < -0.39 is 17.8 Å². The Labute approximate surface area is 147 Å². The summed E-state index contributed by atoms with van der Waals surface area (Å²) in [6.07, 6.45) is 0. The van der Waals surface area contributed by atoms with Gasteiger partial charge in [-0.2, -0.15) is 0 Å². The Balaban J connectivity index is 2.17. The Morgan fingerprint density at radius 3 is 2.36 bits per heavy atom. The lowest BCUT2D eigenvalue weighted by atomic mass is 10.0. The maximum atomic E-state index is 13.8. The Hall–Kier alpha value is -2.69. The third-order valence-electron chi connectivity index (χ3n) is 4.01. The van der Waals surface area contributed by atoms with Crippen LogP contribution in [-0.4, -0.2) is 17.9 Å². The van der Waals surface area contributed by atoms with Crippen LogP contribution in [0, 0.1) is 25.6 Å². The van der Waals surface area contributed by atoms with E-state index in [2.05, 4.69) is 10.6 Å². The summed E-state index contributed by atoms with van der Waals surface area (Å²) < 4.78 is 13.8. The second-order valence-electron chi connectivity index (χ2n) is 6.48. The smallest absolute Gasteiger partial charge is 0.254 e. The molecule has 0 spiro atoms. The van der Waals surface area contributed by atoms with Gasteiger partial charge in [0.25, 0.3) is 5.91 Å².